The molecule has 15 heavy (non-hydrogen) atoms. The minimum Gasteiger partial charge on any atom is -0.337 e. The summed E-state index contributed by atoms with van der Waals surface area (Å²) in [5.74, 6) is 0.147. The summed E-state index contributed by atoms with van der Waals surface area (Å²) in [5.41, 5.74) is 0.786. The number of carbonyl (C=O) groups is 1. The number of hydrogen-bond acceptors (Lipinski definition) is 2. The van der Waals surface area contributed by atoms with E-state index in [-0.39, 0.29) is 5.91 Å². The highest BCUT2D eigenvalue weighted by Gasteiger charge is 2.25. The van der Waals surface area contributed by atoms with Gasteiger partial charge in [-0.05, 0) is 25.6 Å². The van der Waals surface area contributed by atoms with Crippen molar-refractivity contribution in [1.82, 2.24) is 10.2 Å². The normalized spacial score (nSPS) is 20.6. The van der Waals surface area contributed by atoms with Gasteiger partial charge in [-0.2, -0.15) is 0 Å². The Kier molecular flexibility index (Phi) is 3.02. The Balaban J connectivity index is 2.04. The number of hydrogen-bond donors (Lipinski definition) is 1. The van der Waals surface area contributed by atoms with Gasteiger partial charge in [0.1, 0.15) is 0 Å². The Labute approximate surface area is 90.1 Å². The zero-order valence-electron chi connectivity index (χ0n) is 8.94. The number of likely N-dealkylation sites (N-methyl/N-ethyl adjacent to an activating group) is 1. The van der Waals surface area contributed by atoms with Crippen molar-refractivity contribution in [2.75, 3.05) is 20.1 Å². The van der Waals surface area contributed by atoms with E-state index in [2.05, 4.69) is 5.32 Å². The largest absolute Gasteiger partial charge is 0.337 e. The molecule has 2 rings (SSSR count). The Bertz CT molecular complexity index is 337. The van der Waals surface area contributed by atoms with Gasteiger partial charge in [0.2, 0.25) is 0 Å². The van der Waals surface area contributed by atoms with Crippen molar-refractivity contribution in [2.45, 2.75) is 12.5 Å². The van der Waals surface area contributed by atoms with Crippen LogP contribution >= 0.6 is 0 Å². The third-order valence-electron chi connectivity index (χ3n) is 2.90. The molecule has 0 radical (unpaired) electrons. The van der Waals surface area contributed by atoms with Gasteiger partial charge in [-0.15, -0.1) is 0 Å². The molecule has 1 aromatic carbocycles. The number of nitrogens with zero attached hydrogens (tertiary/aromatic N) is 1. The van der Waals surface area contributed by atoms with Crippen LogP contribution in [0.2, 0.25) is 0 Å². The van der Waals surface area contributed by atoms with Crippen molar-refractivity contribution in [3.8, 4) is 0 Å². The van der Waals surface area contributed by atoms with Gasteiger partial charge in [0.25, 0.3) is 5.91 Å². The van der Waals surface area contributed by atoms with Gasteiger partial charge in [0.05, 0.1) is 0 Å². The minimum absolute atomic E-state index is 0.147. The molecule has 1 saturated heterocycles. The fourth-order valence-corrected chi connectivity index (χ4v) is 1.94. The van der Waals surface area contributed by atoms with Crippen molar-refractivity contribution >= 4 is 5.91 Å². The second-order valence-corrected chi connectivity index (χ2v) is 3.89. The zero-order chi connectivity index (χ0) is 10.7. The molecule has 1 aromatic rings. The van der Waals surface area contributed by atoms with E-state index in [0.29, 0.717) is 6.04 Å². The van der Waals surface area contributed by atoms with E-state index in [9.17, 15) is 4.79 Å². The average Bonchev–Trinajstić information content (AvgIpc) is 2.78. The lowest BCUT2D eigenvalue weighted by molar-refractivity contribution is 0.0789. The maximum atomic E-state index is 12.0. The second kappa shape index (κ2) is 4.45. The van der Waals surface area contributed by atoms with Gasteiger partial charge < -0.3 is 10.2 Å². The minimum atomic E-state index is 0.147. The van der Waals surface area contributed by atoms with E-state index in [1.54, 1.807) is 0 Å². The summed E-state index contributed by atoms with van der Waals surface area (Å²) in [4.78, 5) is 13.9. The van der Waals surface area contributed by atoms with Crippen LogP contribution in [-0.2, 0) is 0 Å². The molecule has 1 heterocycles. The standard InChI is InChI=1S/C12H16N2O/c1-13-11-7-8-14(9-11)12(15)10-5-3-2-4-6-10/h2-6,11,13H,7-9H2,1H3/t11-/m1/s1. The van der Waals surface area contributed by atoms with Gasteiger partial charge in [-0.1, -0.05) is 18.2 Å². The summed E-state index contributed by atoms with van der Waals surface area (Å²) in [6.07, 6.45) is 1.05. The van der Waals surface area contributed by atoms with Crippen LogP contribution in [0.4, 0.5) is 0 Å². The van der Waals surface area contributed by atoms with Crippen LogP contribution in [0.15, 0.2) is 30.3 Å². The molecular weight excluding hydrogens is 188 g/mol. The van der Waals surface area contributed by atoms with Gasteiger partial charge in [-0.3, -0.25) is 4.79 Å². The molecule has 0 bridgehead atoms. The molecule has 1 atom stereocenters. The van der Waals surface area contributed by atoms with Crippen molar-refractivity contribution < 1.29 is 4.79 Å². The van der Waals surface area contributed by atoms with Crippen LogP contribution in [0.1, 0.15) is 16.8 Å². The van der Waals surface area contributed by atoms with Crippen LogP contribution < -0.4 is 5.32 Å². The van der Waals surface area contributed by atoms with Gasteiger partial charge in [0, 0.05) is 24.7 Å². The highest BCUT2D eigenvalue weighted by Crippen LogP contribution is 2.12. The van der Waals surface area contributed by atoms with Crippen molar-refractivity contribution in [3.05, 3.63) is 35.9 Å². The molecule has 1 N–H and O–H groups in total. The van der Waals surface area contributed by atoms with Crippen LogP contribution in [0.3, 0.4) is 0 Å². The lowest BCUT2D eigenvalue weighted by atomic mass is 10.2. The maximum absolute atomic E-state index is 12.0. The molecule has 1 aliphatic rings. The third-order valence-corrected chi connectivity index (χ3v) is 2.90. The molecule has 0 unspecified atom stereocenters. The predicted molar refractivity (Wildman–Crippen MR) is 59.8 cm³/mol. The highest BCUT2D eigenvalue weighted by molar-refractivity contribution is 5.94. The second-order valence-electron chi connectivity index (χ2n) is 3.89. The van der Waals surface area contributed by atoms with Crippen molar-refractivity contribution in [3.63, 3.8) is 0 Å². The summed E-state index contributed by atoms with van der Waals surface area (Å²) in [6.45, 7) is 1.68. The molecule has 0 saturated carbocycles. The molecule has 1 amide bonds. The lowest BCUT2D eigenvalue weighted by Crippen LogP contribution is -2.33. The SMILES string of the molecule is CN[C@@H]1CCN(C(=O)c2ccccc2)C1. The first-order valence-corrected chi connectivity index (χ1v) is 5.33. The van der Waals surface area contributed by atoms with Gasteiger partial charge >= 0.3 is 0 Å². The molecule has 0 spiro atoms. The molecule has 1 aliphatic heterocycles. The van der Waals surface area contributed by atoms with E-state index in [1.165, 1.54) is 0 Å². The first kappa shape index (κ1) is 10.2. The molecular formula is C12H16N2O. The molecule has 0 aromatic heterocycles. The van der Waals surface area contributed by atoms with Crippen molar-refractivity contribution in [1.29, 1.82) is 0 Å². The maximum Gasteiger partial charge on any atom is 0.253 e. The van der Waals surface area contributed by atoms with E-state index >= 15 is 0 Å². The average molecular weight is 204 g/mol. The summed E-state index contributed by atoms with van der Waals surface area (Å²) in [7, 11) is 1.95. The van der Waals surface area contributed by atoms with Gasteiger partial charge in [0.15, 0.2) is 0 Å². The third kappa shape index (κ3) is 2.18. The Morgan fingerprint density at radius 1 is 1.40 bits per heavy atom. The Morgan fingerprint density at radius 3 is 2.73 bits per heavy atom. The first-order valence-electron chi connectivity index (χ1n) is 5.33. The Morgan fingerprint density at radius 2 is 2.13 bits per heavy atom. The monoisotopic (exact) mass is 204 g/mol. The lowest BCUT2D eigenvalue weighted by Gasteiger charge is -2.16. The highest BCUT2D eigenvalue weighted by atomic mass is 16.2. The first-order chi connectivity index (χ1) is 7.31. The van der Waals surface area contributed by atoms with E-state index in [4.69, 9.17) is 0 Å². The van der Waals surface area contributed by atoms with Crippen LogP contribution in [0.5, 0.6) is 0 Å². The number of nitrogens with one attached hydrogen (secondary N) is 1. The molecule has 3 nitrogen and oxygen atoms in total. The summed E-state index contributed by atoms with van der Waals surface area (Å²) in [5, 5.41) is 3.21. The van der Waals surface area contributed by atoms with Crippen LogP contribution in [-0.4, -0.2) is 37.0 Å². The van der Waals surface area contributed by atoms with E-state index in [1.807, 2.05) is 42.3 Å². The summed E-state index contributed by atoms with van der Waals surface area (Å²) in [6, 6.07) is 9.93. The fraction of sp³-hybridized carbons (Fsp3) is 0.417. The van der Waals surface area contributed by atoms with Gasteiger partial charge in [-0.25, -0.2) is 0 Å². The zero-order valence-corrected chi connectivity index (χ0v) is 8.94. The summed E-state index contributed by atoms with van der Waals surface area (Å²) >= 11 is 0. The number of benzene rings is 1. The van der Waals surface area contributed by atoms with E-state index in [0.717, 1.165) is 25.1 Å². The Hall–Kier alpha value is -1.35. The quantitative estimate of drug-likeness (QED) is 0.783. The number of rotatable bonds is 2. The molecule has 80 valence electrons. The topological polar surface area (TPSA) is 32.3 Å². The van der Waals surface area contributed by atoms with Crippen LogP contribution in [0.25, 0.3) is 0 Å². The van der Waals surface area contributed by atoms with E-state index < -0.39 is 0 Å². The molecule has 1 fully saturated rings. The number of carbonyl (C=O) groups excluding carboxylic acids is 1. The van der Waals surface area contributed by atoms with Crippen molar-refractivity contribution in [2.24, 2.45) is 0 Å². The number of amides is 1. The predicted octanol–water partition coefficient (Wildman–Crippen LogP) is 1.12. The number of likely N-dealkylation sites (tertiary alicyclic amines) is 1. The summed E-state index contributed by atoms with van der Waals surface area (Å²) < 4.78 is 0. The smallest absolute Gasteiger partial charge is 0.253 e. The molecule has 3 heteroatoms. The fourth-order valence-electron chi connectivity index (χ4n) is 1.94. The molecule has 0 aliphatic carbocycles. The van der Waals surface area contributed by atoms with Crippen LogP contribution in [0, 0.1) is 0 Å².